The quantitative estimate of drug-likeness (QED) is 0.523. The summed E-state index contributed by atoms with van der Waals surface area (Å²) in [6.07, 6.45) is -0.577. The molecule has 1 aromatic carbocycles. The maximum Gasteiger partial charge on any atom is 0.323 e. The van der Waals surface area contributed by atoms with Gasteiger partial charge in [-0.25, -0.2) is 0 Å². The second-order valence-electron chi connectivity index (χ2n) is 5.57. The molecule has 22 heavy (non-hydrogen) atoms. The molecule has 0 amide bonds. The highest BCUT2D eigenvalue weighted by Gasteiger charge is 2.56. The van der Waals surface area contributed by atoms with E-state index in [2.05, 4.69) is 6.58 Å². The van der Waals surface area contributed by atoms with Gasteiger partial charge in [0.05, 0.1) is 20.3 Å². The van der Waals surface area contributed by atoms with Gasteiger partial charge >= 0.3 is 11.9 Å². The number of hydrogen-bond acceptors (Lipinski definition) is 5. The Bertz CT molecular complexity index is 562. The normalized spacial score (nSPS) is 21.2. The van der Waals surface area contributed by atoms with Crippen LogP contribution in [0.4, 0.5) is 0 Å². The lowest BCUT2D eigenvalue weighted by atomic mass is 9.83. The number of ether oxygens (including phenoxy) is 2. The first-order chi connectivity index (χ1) is 10.5. The van der Waals surface area contributed by atoms with Crippen molar-refractivity contribution in [2.75, 3.05) is 14.2 Å². The van der Waals surface area contributed by atoms with Gasteiger partial charge in [-0.2, -0.15) is 0 Å². The molecule has 2 rings (SSSR count). The van der Waals surface area contributed by atoms with Gasteiger partial charge in [-0.15, -0.1) is 0 Å². The SMILES string of the molecule is C=C1CC(C(=O)OC)(C(=O)OC)C[C@H]1[C@@H](O)c1ccccc1. The zero-order valence-electron chi connectivity index (χ0n) is 12.7. The van der Waals surface area contributed by atoms with Gasteiger partial charge in [0, 0.05) is 5.92 Å². The van der Waals surface area contributed by atoms with E-state index in [0.29, 0.717) is 5.57 Å². The molecule has 0 heterocycles. The molecule has 1 N–H and O–H groups in total. The van der Waals surface area contributed by atoms with E-state index in [-0.39, 0.29) is 12.8 Å². The molecule has 2 atom stereocenters. The number of carbonyl (C=O) groups is 2. The number of aliphatic hydroxyl groups excluding tert-OH is 1. The fraction of sp³-hybridized carbons (Fsp3) is 0.412. The van der Waals surface area contributed by atoms with Crippen molar-refractivity contribution < 1.29 is 24.2 Å². The first-order valence-corrected chi connectivity index (χ1v) is 7.04. The van der Waals surface area contributed by atoms with Gasteiger partial charge in [0.1, 0.15) is 0 Å². The number of hydrogen-bond donors (Lipinski definition) is 1. The molecule has 1 fully saturated rings. The number of methoxy groups -OCH3 is 2. The number of carbonyl (C=O) groups excluding carboxylic acids is 2. The first kappa shape index (κ1) is 16.2. The molecule has 0 radical (unpaired) electrons. The smallest absolute Gasteiger partial charge is 0.323 e. The highest BCUT2D eigenvalue weighted by molar-refractivity contribution is 6.01. The summed E-state index contributed by atoms with van der Waals surface area (Å²) in [6, 6.07) is 9.10. The summed E-state index contributed by atoms with van der Waals surface area (Å²) in [7, 11) is 2.47. The van der Waals surface area contributed by atoms with Crippen LogP contribution in [0.1, 0.15) is 24.5 Å². The fourth-order valence-corrected chi connectivity index (χ4v) is 3.11. The molecular formula is C17H20O5. The number of esters is 2. The molecule has 5 nitrogen and oxygen atoms in total. The summed E-state index contributed by atoms with van der Waals surface area (Å²) >= 11 is 0. The van der Waals surface area contributed by atoms with Crippen LogP contribution < -0.4 is 0 Å². The molecule has 1 aliphatic rings. The minimum Gasteiger partial charge on any atom is -0.468 e. The van der Waals surface area contributed by atoms with Crippen molar-refractivity contribution in [3.63, 3.8) is 0 Å². The summed E-state index contributed by atoms with van der Waals surface area (Å²) in [5.41, 5.74) is -0.0487. The molecule has 1 saturated carbocycles. The van der Waals surface area contributed by atoms with Crippen molar-refractivity contribution in [2.24, 2.45) is 11.3 Å². The van der Waals surface area contributed by atoms with E-state index in [4.69, 9.17) is 9.47 Å². The molecule has 0 unspecified atom stereocenters. The lowest BCUT2D eigenvalue weighted by Crippen LogP contribution is -2.39. The Hall–Kier alpha value is -2.14. The fourth-order valence-electron chi connectivity index (χ4n) is 3.11. The molecule has 0 spiro atoms. The zero-order chi connectivity index (χ0) is 16.3. The largest absolute Gasteiger partial charge is 0.468 e. The summed E-state index contributed by atoms with van der Waals surface area (Å²) in [4.78, 5) is 24.3. The van der Waals surface area contributed by atoms with Crippen LogP contribution in [0.5, 0.6) is 0 Å². The van der Waals surface area contributed by atoms with Crippen LogP contribution in [0.25, 0.3) is 0 Å². The molecule has 0 saturated heterocycles. The molecule has 1 aromatic rings. The minimum absolute atomic E-state index is 0.126. The third-order valence-corrected chi connectivity index (χ3v) is 4.30. The number of benzene rings is 1. The molecule has 5 heteroatoms. The van der Waals surface area contributed by atoms with Crippen LogP contribution in [0.2, 0.25) is 0 Å². The van der Waals surface area contributed by atoms with Gasteiger partial charge in [-0.05, 0) is 18.4 Å². The highest BCUT2D eigenvalue weighted by Crippen LogP contribution is 2.50. The molecule has 0 aromatic heterocycles. The zero-order valence-corrected chi connectivity index (χ0v) is 12.7. The van der Waals surface area contributed by atoms with Crippen molar-refractivity contribution in [2.45, 2.75) is 18.9 Å². The van der Waals surface area contributed by atoms with E-state index in [1.54, 1.807) is 12.1 Å². The highest BCUT2D eigenvalue weighted by atomic mass is 16.5. The minimum atomic E-state index is -1.42. The van der Waals surface area contributed by atoms with E-state index in [1.807, 2.05) is 18.2 Å². The second kappa shape index (κ2) is 6.32. The van der Waals surface area contributed by atoms with Gasteiger partial charge in [-0.1, -0.05) is 42.5 Å². The number of rotatable bonds is 4. The van der Waals surface area contributed by atoms with Crippen molar-refractivity contribution in [1.82, 2.24) is 0 Å². The maximum atomic E-state index is 12.1. The van der Waals surface area contributed by atoms with Gasteiger partial charge in [0.15, 0.2) is 5.41 Å². The van der Waals surface area contributed by atoms with Crippen LogP contribution in [0.3, 0.4) is 0 Å². The van der Waals surface area contributed by atoms with Crippen LogP contribution in [0, 0.1) is 11.3 Å². The van der Waals surface area contributed by atoms with Crippen molar-refractivity contribution in [1.29, 1.82) is 0 Å². The predicted octanol–water partition coefficient (Wildman–Crippen LogP) is 2.02. The Morgan fingerprint density at radius 1 is 1.23 bits per heavy atom. The van der Waals surface area contributed by atoms with Crippen LogP contribution in [0.15, 0.2) is 42.5 Å². The average Bonchev–Trinajstić information content (AvgIpc) is 2.92. The predicted molar refractivity (Wildman–Crippen MR) is 79.7 cm³/mol. The summed E-state index contributed by atoms with van der Waals surface area (Å²) in [5.74, 6) is -1.70. The maximum absolute atomic E-state index is 12.1. The Balaban J connectivity index is 2.32. The topological polar surface area (TPSA) is 72.8 Å². The van der Waals surface area contributed by atoms with Gasteiger partial charge in [0.2, 0.25) is 0 Å². The Kier molecular flexibility index (Phi) is 4.66. The Labute approximate surface area is 129 Å². The number of aliphatic hydroxyl groups is 1. The third kappa shape index (κ3) is 2.64. The average molecular weight is 304 g/mol. The van der Waals surface area contributed by atoms with Crippen LogP contribution in [-0.2, 0) is 19.1 Å². The lowest BCUT2D eigenvalue weighted by molar-refractivity contribution is -0.169. The Morgan fingerprint density at radius 3 is 2.27 bits per heavy atom. The molecule has 1 aliphatic carbocycles. The van der Waals surface area contributed by atoms with Gasteiger partial charge in [-0.3, -0.25) is 9.59 Å². The molecule has 0 aliphatic heterocycles. The van der Waals surface area contributed by atoms with Crippen LogP contribution >= 0.6 is 0 Å². The van der Waals surface area contributed by atoms with E-state index >= 15 is 0 Å². The van der Waals surface area contributed by atoms with Gasteiger partial charge < -0.3 is 14.6 Å². The van der Waals surface area contributed by atoms with Crippen molar-refractivity contribution >= 4 is 11.9 Å². The molecular weight excluding hydrogens is 284 g/mol. The van der Waals surface area contributed by atoms with E-state index in [0.717, 1.165) is 5.56 Å². The lowest BCUT2D eigenvalue weighted by Gasteiger charge is -2.24. The van der Waals surface area contributed by atoms with E-state index in [1.165, 1.54) is 14.2 Å². The molecule has 118 valence electrons. The monoisotopic (exact) mass is 304 g/mol. The second-order valence-corrected chi connectivity index (χ2v) is 5.57. The Morgan fingerprint density at radius 2 is 1.77 bits per heavy atom. The third-order valence-electron chi connectivity index (χ3n) is 4.30. The van der Waals surface area contributed by atoms with Gasteiger partial charge in [0.25, 0.3) is 0 Å². The summed E-state index contributed by atoms with van der Waals surface area (Å²) in [6.45, 7) is 3.94. The van der Waals surface area contributed by atoms with E-state index in [9.17, 15) is 14.7 Å². The van der Waals surface area contributed by atoms with Crippen LogP contribution in [-0.4, -0.2) is 31.3 Å². The van der Waals surface area contributed by atoms with Crippen molar-refractivity contribution in [3.8, 4) is 0 Å². The first-order valence-electron chi connectivity index (χ1n) is 7.04. The summed E-state index contributed by atoms with van der Waals surface area (Å²) < 4.78 is 9.56. The summed E-state index contributed by atoms with van der Waals surface area (Å²) in [5, 5.41) is 10.6. The van der Waals surface area contributed by atoms with Crippen molar-refractivity contribution in [3.05, 3.63) is 48.0 Å². The van der Waals surface area contributed by atoms with E-state index < -0.39 is 29.4 Å². The molecule has 0 bridgehead atoms. The standard InChI is InChI=1S/C17H20O5/c1-11-9-17(15(19)21-2,16(20)22-3)10-13(11)14(18)12-7-5-4-6-8-12/h4-8,13-14,18H,1,9-10H2,2-3H3/t13-,14+/m1/s1.